The summed E-state index contributed by atoms with van der Waals surface area (Å²) < 4.78 is 5.24. The first-order valence-electron chi connectivity index (χ1n) is 4.62. The number of nitrogens with one attached hydrogen (secondary N) is 1. The van der Waals surface area contributed by atoms with Crippen LogP contribution in [0.5, 0.6) is 5.75 Å². The van der Waals surface area contributed by atoms with E-state index in [4.69, 9.17) is 11.2 Å². The van der Waals surface area contributed by atoms with Gasteiger partial charge in [-0.05, 0) is 6.42 Å². The third-order valence-electron chi connectivity index (χ3n) is 1.61. The number of hydrogen-bond donors (Lipinski definition) is 1. The number of nitrogens with zero attached hydrogens (tertiary/aromatic N) is 1. The smallest absolute Gasteiger partial charge is 0.148 e. The van der Waals surface area contributed by atoms with Crippen LogP contribution in [0.4, 0.5) is 5.69 Å². The highest BCUT2D eigenvalue weighted by Crippen LogP contribution is 2.14. The van der Waals surface area contributed by atoms with Crippen LogP contribution in [0.25, 0.3) is 0 Å². The molecule has 0 radical (unpaired) electrons. The monoisotopic (exact) mass is 190 g/mol. The first kappa shape index (κ1) is 10.4. The van der Waals surface area contributed by atoms with E-state index in [0.717, 1.165) is 18.7 Å². The van der Waals surface area contributed by atoms with Gasteiger partial charge >= 0.3 is 0 Å². The molecular formula is C11H14N2O. The Hall–Kier alpha value is -1.69. The Balaban J connectivity index is 2.55. The van der Waals surface area contributed by atoms with Gasteiger partial charge in [-0.25, -0.2) is 0 Å². The van der Waals surface area contributed by atoms with Gasteiger partial charge in [-0.2, -0.15) is 0 Å². The second kappa shape index (κ2) is 5.87. The molecule has 0 saturated heterocycles. The van der Waals surface area contributed by atoms with Gasteiger partial charge in [0, 0.05) is 12.6 Å². The summed E-state index contributed by atoms with van der Waals surface area (Å²) in [6.45, 7) is 3.32. The second-order valence-electron chi connectivity index (χ2n) is 2.83. The molecule has 0 atom stereocenters. The van der Waals surface area contributed by atoms with Gasteiger partial charge in [0.25, 0.3) is 0 Å². The highest BCUT2D eigenvalue weighted by molar-refractivity contribution is 5.45. The molecule has 0 aliphatic rings. The van der Waals surface area contributed by atoms with Gasteiger partial charge in [-0.3, -0.25) is 4.98 Å². The van der Waals surface area contributed by atoms with Crippen LogP contribution in [-0.4, -0.2) is 18.1 Å². The van der Waals surface area contributed by atoms with E-state index in [1.807, 2.05) is 6.07 Å². The normalized spacial score (nSPS) is 9.14. The summed E-state index contributed by atoms with van der Waals surface area (Å²) in [5, 5.41) is 3.22. The summed E-state index contributed by atoms with van der Waals surface area (Å²) in [6.07, 6.45) is 9.57. The van der Waals surface area contributed by atoms with Gasteiger partial charge in [0.2, 0.25) is 0 Å². The zero-order valence-corrected chi connectivity index (χ0v) is 8.29. The number of hydrogen-bond acceptors (Lipinski definition) is 3. The minimum atomic E-state index is 0.277. The number of rotatable bonds is 5. The Morgan fingerprint density at radius 3 is 3.14 bits per heavy atom. The highest BCUT2D eigenvalue weighted by Gasteiger charge is 1.95. The molecule has 3 heteroatoms. The van der Waals surface area contributed by atoms with E-state index in [1.165, 1.54) is 0 Å². The van der Waals surface area contributed by atoms with Gasteiger partial charge in [0.05, 0.1) is 18.1 Å². The number of anilines is 1. The van der Waals surface area contributed by atoms with E-state index in [2.05, 4.69) is 23.1 Å². The standard InChI is InChI=1S/C11H14N2O/c1-3-5-13-10-7-11(9-12-8-10)14-6-4-2/h2,7-9,13H,3,5-6H2,1H3. The molecule has 1 N–H and O–H groups in total. The summed E-state index contributed by atoms with van der Waals surface area (Å²) in [4.78, 5) is 4.03. The molecule has 0 aromatic carbocycles. The average molecular weight is 190 g/mol. The van der Waals surface area contributed by atoms with E-state index in [0.29, 0.717) is 5.75 Å². The molecule has 0 bridgehead atoms. The minimum Gasteiger partial charge on any atom is -0.479 e. The van der Waals surface area contributed by atoms with Gasteiger partial charge in [0.1, 0.15) is 12.4 Å². The highest BCUT2D eigenvalue weighted by atomic mass is 16.5. The fraction of sp³-hybridized carbons (Fsp3) is 0.364. The summed E-state index contributed by atoms with van der Waals surface area (Å²) >= 11 is 0. The predicted octanol–water partition coefficient (Wildman–Crippen LogP) is 1.92. The van der Waals surface area contributed by atoms with E-state index in [-0.39, 0.29) is 6.61 Å². The van der Waals surface area contributed by atoms with Gasteiger partial charge in [-0.1, -0.05) is 12.8 Å². The van der Waals surface area contributed by atoms with E-state index in [9.17, 15) is 0 Å². The van der Waals surface area contributed by atoms with Crippen molar-refractivity contribution in [2.24, 2.45) is 0 Å². The second-order valence-corrected chi connectivity index (χ2v) is 2.83. The van der Waals surface area contributed by atoms with Crippen molar-refractivity contribution in [3.05, 3.63) is 18.5 Å². The van der Waals surface area contributed by atoms with E-state index < -0.39 is 0 Å². The topological polar surface area (TPSA) is 34.1 Å². The van der Waals surface area contributed by atoms with Crippen molar-refractivity contribution in [1.29, 1.82) is 0 Å². The molecule has 0 spiro atoms. The lowest BCUT2D eigenvalue weighted by atomic mass is 10.4. The van der Waals surface area contributed by atoms with Crippen molar-refractivity contribution in [2.75, 3.05) is 18.5 Å². The Kier molecular flexibility index (Phi) is 4.36. The van der Waals surface area contributed by atoms with Gasteiger partial charge in [-0.15, -0.1) is 6.42 Å². The molecule has 0 saturated carbocycles. The summed E-state index contributed by atoms with van der Waals surface area (Å²) in [7, 11) is 0. The zero-order chi connectivity index (χ0) is 10.2. The predicted molar refractivity (Wildman–Crippen MR) is 57.3 cm³/mol. The molecule has 1 heterocycles. The van der Waals surface area contributed by atoms with Crippen molar-refractivity contribution >= 4 is 5.69 Å². The molecular weight excluding hydrogens is 176 g/mol. The lowest BCUT2D eigenvalue weighted by molar-refractivity contribution is 0.369. The number of pyridine rings is 1. The van der Waals surface area contributed by atoms with Crippen molar-refractivity contribution in [2.45, 2.75) is 13.3 Å². The van der Waals surface area contributed by atoms with Gasteiger partial charge < -0.3 is 10.1 Å². The summed E-state index contributed by atoms with van der Waals surface area (Å²) in [5.74, 6) is 3.11. The van der Waals surface area contributed by atoms with Crippen LogP contribution >= 0.6 is 0 Å². The Labute approximate surface area is 84.5 Å². The third-order valence-corrected chi connectivity index (χ3v) is 1.61. The molecule has 0 amide bonds. The molecule has 1 aromatic heterocycles. The average Bonchev–Trinajstić information content (AvgIpc) is 2.24. The quantitative estimate of drug-likeness (QED) is 0.720. The van der Waals surface area contributed by atoms with Crippen LogP contribution in [-0.2, 0) is 0 Å². The van der Waals surface area contributed by atoms with E-state index >= 15 is 0 Å². The largest absolute Gasteiger partial charge is 0.479 e. The van der Waals surface area contributed by atoms with Crippen LogP contribution < -0.4 is 10.1 Å². The van der Waals surface area contributed by atoms with E-state index in [1.54, 1.807) is 12.4 Å². The molecule has 1 aromatic rings. The lowest BCUT2D eigenvalue weighted by Crippen LogP contribution is -2.01. The Bertz CT molecular complexity index is 317. The van der Waals surface area contributed by atoms with Crippen LogP contribution in [0.3, 0.4) is 0 Å². The fourth-order valence-electron chi connectivity index (χ4n) is 0.989. The van der Waals surface area contributed by atoms with Crippen LogP contribution in [0.2, 0.25) is 0 Å². The summed E-state index contributed by atoms with van der Waals surface area (Å²) in [6, 6.07) is 1.89. The number of aromatic nitrogens is 1. The molecule has 0 fully saturated rings. The summed E-state index contributed by atoms with van der Waals surface area (Å²) in [5.41, 5.74) is 0.960. The van der Waals surface area contributed by atoms with Gasteiger partial charge in [0.15, 0.2) is 0 Å². The minimum absolute atomic E-state index is 0.277. The third kappa shape index (κ3) is 3.36. The Morgan fingerprint density at radius 1 is 1.57 bits per heavy atom. The zero-order valence-electron chi connectivity index (χ0n) is 8.29. The number of ether oxygens (including phenoxy) is 1. The fourth-order valence-corrected chi connectivity index (χ4v) is 0.989. The maximum Gasteiger partial charge on any atom is 0.148 e. The van der Waals surface area contributed by atoms with Crippen molar-refractivity contribution in [3.8, 4) is 18.1 Å². The molecule has 3 nitrogen and oxygen atoms in total. The first-order valence-corrected chi connectivity index (χ1v) is 4.62. The van der Waals surface area contributed by atoms with Crippen LogP contribution in [0.15, 0.2) is 18.5 Å². The number of terminal acetylenes is 1. The molecule has 0 unspecified atom stereocenters. The van der Waals surface area contributed by atoms with Crippen LogP contribution in [0, 0.1) is 12.3 Å². The molecule has 1 rings (SSSR count). The SMILES string of the molecule is C#CCOc1cncc(NCCC)c1. The van der Waals surface area contributed by atoms with Crippen LogP contribution in [0.1, 0.15) is 13.3 Å². The first-order chi connectivity index (χ1) is 6.86. The molecule has 0 aliphatic heterocycles. The van der Waals surface area contributed by atoms with Crippen molar-refractivity contribution in [1.82, 2.24) is 4.98 Å². The Morgan fingerprint density at radius 2 is 2.43 bits per heavy atom. The lowest BCUT2D eigenvalue weighted by Gasteiger charge is -2.06. The molecule has 14 heavy (non-hydrogen) atoms. The maximum atomic E-state index is 5.24. The molecule has 74 valence electrons. The maximum absolute atomic E-state index is 5.24. The van der Waals surface area contributed by atoms with Crippen molar-refractivity contribution in [3.63, 3.8) is 0 Å². The van der Waals surface area contributed by atoms with Crippen molar-refractivity contribution < 1.29 is 4.74 Å². The molecule has 0 aliphatic carbocycles.